The number of nitrogens with one attached hydrogen (secondary N) is 1. The average molecular weight is 497 g/mol. The first kappa shape index (κ1) is 22.4. The summed E-state index contributed by atoms with van der Waals surface area (Å²) >= 11 is 13.8. The number of aryl methyl sites for hydroxylation is 1. The number of ether oxygens (including phenoxy) is 1. The summed E-state index contributed by atoms with van der Waals surface area (Å²) < 4.78 is 34.7. The van der Waals surface area contributed by atoms with Crippen LogP contribution in [0.25, 0.3) is 10.4 Å². The topological polar surface area (TPSA) is 58.6 Å². The molecule has 2 heterocycles. The summed E-state index contributed by atoms with van der Waals surface area (Å²) in [6.45, 7) is 3.76. The molecule has 1 saturated heterocycles. The Balaban J connectivity index is 1.56. The van der Waals surface area contributed by atoms with E-state index in [2.05, 4.69) is 9.62 Å². The van der Waals surface area contributed by atoms with Crippen LogP contribution in [0.3, 0.4) is 0 Å². The van der Waals surface area contributed by atoms with Gasteiger partial charge in [-0.1, -0.05) is 53.0 Å². The molecule has 4 rings (SSSR count). The molecule has 0 unspecified atom stereocenters. The molecule has 1 atom stereocenters. The van der Waals surface area contributed by atoms with Gasteiger partial charge in [0.1, 0.15) is 16.1 Å². The standard InChI is InChI=1S/C22H22Cl2N2O3S2/c1-14-3-5-15(6-4-14)22-19(24)12-21(30-22)31(27,28)25-16-7-8-18(23)20(11-16)29-17-9-10-26(2)13-17/h3-8,11-12,17,25H,9-10,13H2,1-2H3/t17-/m1/s1. The van der Waals surface area contributed by atoms with Gasteiger partial charge in [0.25, 0.3) is 10.0 Å². The Morgan fingerprint density at radius 1 is 1.10 bits per heavy atom. The van der Waals surface area contributed by atoms with E-state index in [1.165, 1.54) is 6.07 Å². The minimum Gasteiger partial charge on any atom is -0.487 e. The second-order valence-electron chi connectivity index (χ2n) is 7.65. The Morgan fingerprint density at radius 3 is 2.52 bits per heavy atom. The largest absolute Gasteiger partial charge is 0.487 e. The Kier molecular flexibility index (Phi) is 6.51. The van der Waals surface area contributed by atoms with E-state index in [0.717, 1.165) is 42.0 Å². The summed E-state index contributed by atoms with van der Waals surface area (Å²) in [5.41, 5.74) is 2.38. The van der Waals surface area contributed by atoms with Crippen molar-refractivity contribution in [1.82, 2.24) is 4.90 Å². The van der Waals surface area contributed by atoms with Crippen LogP contribution >= 0.6 is 34.5 Å². The van der Waals surface area contributed by atoms with Gasteiger partial charge < -0.3 is 9.64 Å². The van der Waals surface area contributed by atoms with Gasteiger partial charge in [-0.25, -0.2) is 8.42 Å². The van der Waals surface area contributed by atoms with E-state index in [9.17, 15) is 8.42 Å². The predicted molar refractivity (Wildman–Crippen MR) is 128 cm³/mol. The molecular weight excluding hydrogens is 475 g/mol. The van der Waals surface area contributed by atoms with E-state index in [1.54, 1.807) is 18.2 Å². The van der Waals surface area contributed by atoms with Crippen LogP contribution in [0.5, 0.6) is 5.75 Å². The van der Waals surface area contributed by atoms with Crippen LogP contribution in [-0.2, 0) is 10.0 Å². The summed E-state index contributed by atoms with van der Waals surface area (Å²) in [4.78, 5) is 2.89. The number of hydrogen-bond acceptors (Lipinski definition) is 5. The summed E-state index contributed by atoms with van der Waals surface area (Å²) in [6.07, 6.45) is 0.931. The number of rotatable bonds is 6. The molecule has 3 aromatic rings. The van der Waals surface area contributed by atoms with Crippen molar-refractivity contribution >= 4 is 50.2 Å². The maximum Gasteiger partial charge on any atom is 0.271 e. The minimum absolute atomic E-state index is 0.0301. The summed E-state index contributed by atoms with van der Waals surface area (Å²) in [5.74, 6) is 0.465. The van der Waals surface area contributed by atoms with Crippen LogP contribution in [0.1, 0.15) is 12.0 Å². The fourth-order valence-corrected chi connectivity index (χ4v) is 6.45. The van der Waals surface area contributed by atoms with Gasteiger partial charge >= 0.3 is 0 Å². The second kappa shape index (κ2) is 9.00. The number of anilines is 1. The van der Waals surface area contributed by atoms with Crippen LogP contribution in [0, 0.1) is 6.92 Å². The van der Waals surface area contributed by atoms with E-state index in [4.69, 9.17) is 27.9 Å². The zero-order valence-electron chi connectivity index (χ0n) is 17.1. The molecule has 1 aliphatic rings. The number of benzene rings is 2. The van der Waals surface area contributed by atoms with Crippen molar-refractivity contribution in [2.24, 2.45) is 0 Å². The van der Waals surface area contributed by atoms with Crippen molar-refractivity contribution in [1.29, 1.82) is 0 Å². The van der Waals surface area contributed by atoms with Gasteiger partial charge in [0.05, 0.1) is 20.6 Å². The van der Waals surface area contributed by atoms with Gasteiger partial charge in [-0.05, 0) is 44.2 Å². The van der Waals surface area contributed by atoms with E-state index in [1.807, 2.05) is 38.2 Å². The normalized spacial score (nSPS) is 17.1. The molecule has 0 saturated carbocycles. The molecule has 0 amide bonds. The summed E-state index contributed by atoms with van der Waals surface area (Å²) in [6, 6.07) is 14.1. The highest BCUT2D eigenvalue weighted by molar-refractivity contribution is 7.94. The highest BCUT2D eigenvalue weighted by atomic mass is 35.5. The molecule has 0 spiro atoms. The van der Waals surface area contributed by atoms with Gasteiger partial charge in [-0.2, -0.15) is 0 Å². The monoisotopic (exact) mass is 496 g/mol. The predicted octanol–water partition coefficient (Wildman–Crippen LogP) is 5.91. The van der Waals surface area contributed by atoms with Crippen molar-refractivity contribution in [3.63, 3.8) is 0 Å². The van der Waals surface area contributed by atoms with Crippen LogP contribution in [0.15, 0.2) is 52.7 Å². The first-order valence-electron chi connectivity index (χ1n) is 9.75. The van der Waals surface area contributed by atoms with Crippen molar-refractivity contribution in [3.8, 4) is 16.2 Å². The Morgan fingerprint density at radius 2 is 1.84 bits per heavy atom. The number of nitrogens with zero attached hydrogens (tertiary/aromatic N) is 1. The van der Waals surface area contributed by atoms with E-state index in [-0.39, 0.29) is 10.3 Å². The van der Waals surface area contributed by atoms with Crippen molar-refractivity contribution < 1.29 is 13.2 Å². The van der Waals surface area contributed by atoms with Crippen LogP contribution in [0.4, 0.5) is 5.69 Å². The molecule has 5 nitrogen and oxygen atoms in total. The summed E-state index contributed by atoms with van der Waals surface area (Å²) in [7, 11) is -1.79. The quantitative estimate of drug-likeness (QED) is 0.460. The van der Waals surface area contributed by atoms with Crippen molar-refractivity contribution in [2.75, 3.05) is 24.9 Å². The zero-order valence-corrected chi connectivity index (χ0v) is 20.2. The van der Waals surface area contributed by atoms with E-state index < -0.39 is 10.0 Å². The van der Waals surface area contributed by atoms with Gasteiger partial charge in [-0.15, -0.1) is 11.3 Å². The molecule has 31 heavy (non-hydrogen) atoms. The molecule has 1 aliphatic heterocycles. The fourth-order valence-electron chi connectivity index (χ4n) is 3.41. The lowest BCUT2D eigenvalue weighted by Gasteiger charge is -2.16. The lowest BCUT2D eigenvalue weighted by atomic mass is 10.1. The highest BCUT2D eigenvalue weighted by Gasteiger charge is 2.24. The molecular formula is C22H22Cl2N2O3S2. The first-order chi connectivity index (χ1) is 14.7. The number of sulfonamides is 1. The lowest BCUT2D eigenvalue weighted by molar-refractivity contribution is 0.208. The molecule has 1 aromatic heterocycles. The van der Waals surface area contributed by atoms with Crippen LogP contribution < -0.4 is 9.46 Å². The lowest BCUT2D eigenvalue weighted by Crippen LogP contribution is -2.21. The molecule has 0 bridgehead atoms. The van der Waals surface area contributed by atoms with Gasteiger partial charge in [0.15, 0.2) is 0 Å². The maximum atomic E-state index is 13.0. The number of likely N-dealkylation sites (N-methyl/N-ethyl adjacent to an activating group) is 1. The van der Waals surface area contributed by atoms with Crippen molar-refractivity contribution in [2.45, 2.75) is 23.7 Å². The molecule has 164 valence electrons. The SMILES string of the molecule is Cc1ccc(-c2sc(S(=O)(=O)Nc3ccc(Cl)c(O[C@@H]4CCN(C)C4)c3)cc2Cl)cc1. The van der Waals surface area contributed by atoms with Crippen LogP contribution in [0.2, 0.25) is 10.0 Å². The maximum absolute atomic E-state index is 13.0. The number of thiophene rings is 1. The zero-order chi connectivity index (χ0) is 22.2. The fraction of sp³-hybridized carbons (Fsp3) is 0.273. The second-order valence-corrected chi connectivity index (χ2v) is 11.4. The van der Waals surface area contributed by atoms with Crippen molar-refractivity contribution in [3.05, 3.63) is 64.1 Å². The Labute approximate surface area is 196 Å². The number of halogens is 2. The molecule has 2 aromatic carbocycles. The molecule has 0 radical (unpaired) electrons. The molecule has 1 N–H and O–H groups in total. The molecule has 0 aliphatic carbocycles. The Hall–Kier alpha value is -1.77. The summed E-state index contributed by atoms with van der Waals surface area (Å²) in [5, 5.41) is 0.845. The van der Waals surface area contributed by atoms with Crippen LogP contribution in [-0.4, -0.2) is 39.6 Å². The third kappa shape index (κ3) is 5.18. The van der Waals surface area contributed by atoms with Gasteiger partial charge in [0.2, 0.25) is 0 Å². The average Bonchev–Trinajstić information content (AvgIpc) is 3.31. The van der Waals surface area contributed by atoms with Gasteiger partial charge in [0, 0.05) is 19.2 Å². The van der Waals surface area contributed by atoms with E-state index >= 15 is 0 Å². The van der Waals surface area contributed by atoms with E-state index in [0.29, 0.717) is 26.4 Å². The number of hydrogen-bond donors (Lipinski definition) is 1. The number of likely N-dealkylation sites (tertiary alicyclic amines) is 1. The first-order valence-corrected chi connectivity index (χ1v) is 12.8. The third-order valence-corrected chi connectivity index (χ3v) is 8.83. The van der Waals surface area contributed by atoms with Gasteiger partial charge in [-0.3, -0.25) is 4.72 Å². The third-order valence-electron chi connectivity index (χ3n) is 5.07. The Bertz CT molecular complexity index is 1190. The smallest absolute Gasteiger partial charge is 0.271 e. The highest BCUT2D eigenvalue weighted by Crippen LogP contribution is 2.39. The minimum atomic E-state index is -3.82. The molecule has 1 fully saturated rings. The molecule has 9 heteroatoms.